The van der Waals surface area contributed by atoms with Gasteiger partial charge in [0, 0.05) is 18.0 Å². The second-order valence-electron chi connectivity index (χ2n) is 8.78. The molecule has 1 aliphatic rings. The van der Waals surface area contributed by atoms with Crippen molar-refractivity contribution in [1.82, 2.24) is 9.91 Å². The van der Waals surface area contributed by atoms with Gasteiger partial charge in [-0.05, 0) is 52.7 Å². The molecule has 5 rings (SSSR count). The third-order valence-corrected chi connectivity index (χ3v) is 6.46. The molecule has 0 bridgehead atoms. The number of carbonyl (C=O) groups is 1. The molecule has 0 fully saturated rings. The van der Waals surface area contributed by atoms with Crippen molar-refractivity contribution in [3.05, 3.63) is 119 Å². The summed E-state index contributed by atoms with van der Waals surface area (Å²) >= 11 is 6.00. The van der Waals surface area contributed by atoms with E-state index in [1.165, 1.54) is 10.8 Å². The van der Waals surface area contributed by atoms with Crippen molar-refractivity contribution in [3.63, 3.8) is 0 Å². The van der Waals surface area contributed by atoms with E-state index in [4.69, 9.17) is 16.7 Å². The lowest BCUT2D eigenvalue weighted by Crippen LogP contribution is -2.36. The van der Waals surface area contributed by atoms with Gasteiger partial charge in [-0.15, -0.1) is 0 Å². The maximum absolute atomic E-state index is 13.4. The van der Waals surface area contributed by atoms with Gasteiger partial charge in [-0.1, -0.05) is 90.5 Å². The summed E-state index contributed by atoms with van der Waals surface area (Å²) in [6, 6.07) is 32.5. The summed E-state index contributed by atoms with van der Waals surface area (Å²) in [7, 11) is 1.95. The highest BCUT2D eigenvalue weighted by Crippen LogP contribution is 2.33. The number of nitrogens with zero attached hydrogens (tertiary/aromatic N) is 3. The number of likely N-dealkylation sites (N-methyl/N-ethyl adjacent to an activating group) is 1. The van der Waals surface area contributed by atoms with E-state index in [1.807, 2.05) is 66.5 Å². The summed E-state index contributed by atoms with van der Waals surface area (Å²) in [5, 5.41) is 9.61. The van der Waals surface area contributed by atoms with Crippen LogP contribution in [-0.2, 0) is 11.3 Å². The second kappa shape index (κ2) is 9.80. The molecule has 0 N–H and O–H groups in total. The van der Waals surface area contributed by atoms with Crippen molar-refractivity contribution in [1.29, 1.82) is 0 Å². The molecule has 0 spiro atoms. The summed E-state index contributed by atoms with van der Waals surface area (Å²) in [6.07, 6.45) is 0.689. The van der Waals surface area contributed by atoms with Crippen LogP contribution in [0, 0.1) is 0 Å². The minimum Gasteiger partial charge on any atom is -0.293 e. The monoisotopic (exact) mass is 467 g/mol. The molecule has 170 valence electrons. The Morgan fingerprint density at radius 2 is 1.65 bits per heavy atom. The van der Waals surface area contributed by atoms with Crippen LogP contribution in [0.2, 0.25) is 5.02 Å². The van der Waals surface area contributed by atoms with Gasteiger partial charge in [0.25, 0.3) is 5.91 Å². The van der Waals surface area contributed by atoms with Crippen LogP contribution in [0.25, 0.3) is 10.8 Å². The molecule has 1 amide bonds. The first-order valence-corrected chi connectivity index (χ1v) is 11.8. The fourth-order valence-corrected chi connectivity index (χ4v) is 4.61. The molecule has 0 saturated carbocycles. The topological polar surface area (TPSA) is 35.9 Å². The first-order chi connectivity index (χ1) is 16.6. The van der Waals surface area contributed by atoms with Crippen molar-refractivity contribution < 1.29 is 4.79 Å². The van der Waals surface area contributed by atoms with Crippen LogP contribution < -0.4 is 0 Å². The van der Waals surface area contributed by atoms with E-state index in [-0.39, 0.29) is 18.5 Å². The molecule has 1 aliphatic heterocycles. The Morgan fingerprint density at radius 1 is 0.941 bits per heavy atom. The predicted molar refractivity (Wildman–Crippen MR) is 139 cm³/mol. The first kappa shape index (κ1) is 22.3. The molecule has 4 aromatic rings. The highest BCUT2D eigenvalue weighted by atomic mass is 35.5. The summed E-state index contributed by atoms with van der Waals surface area (Å²) in [6.45, 7) is 0.939. The summed E-state index contributed by atoms with van der Waals surface area (Å²) in [5.74, 6) is -0.0129. The molecular weight excluding hydrogens is 442 g/mol. The van der Waals surface area contributed by atoms with Crippen LogP contribution >= 0.6 is 11.6 Å². The Kier molecular flexibility index (Phi) is 6.43. The second-order valence-corrected chi connectivity index (χ2v) is 9.21. The van der Waals surface area contributed by atoms with E-state index in [9.17, 15) is 4.79 Å². The molecule has 0 radical (unpaired) electrons. The maximum Gasteiger partial charge on any atom is 0.257 e. The van der Waals surface area contributed by atoms with E-state index in [2.05, 4.69) is 42.5 Å². The molecule has 0 aliphatic carbocycles. The number of hydrogen-bond acceptors (Lipinski definition) is 3. The molecule has 1 atom stereocenters. The third kappa shape index (κ3) is 4.89. The van der Waals surface area contributed by atoms with Crippen molar-refractivity contribution >= 4 is 34.0 Å². The minimum absolute atomic E-state index is 0.0129. The molecule has 0 aromatic heterocycles. The van der Waals surface area contributed by atoms with E-state index in [0.29, 0.717) is 18.0 Å². The number of rotatable bonds is 6. The van der Waals surface area contributed by atoms with Gasteiger partial charge in [0.05, 0.1) is 18.3 Å². The largest absolute Gasteiger partial charge is 0.293 e. The quantitative estimate of drug-likeness (QED) is 0.333. The zero-order valence-electron chi connectivity index (χ0n) is 19.1. The van der Waals surface area contributed by atoms with Gasteiger partial charge in [-0.25, -0.2) is 5.01 Å². The fourth-order valence-electron chi connectivity index (χ4n) is 4.48. The summed E-state index contributed by atoms with van der Waals surface area (Å²) in [5.41, 5.74) is 4.20. The number of carbonyl (C=O) groups excluding carboxylic acids is 1. The number of benzene rings is 4. The molecule has 34 heavy (non-hydrogen) atoms. The lowest BCUT2D eigenvalue weighted by atomic mass is 9.97. The normalized spacial score (nSPS) is 15.7. The third-order valence-electron chi connectivity index (χ3n) is 6.20. The van der Waals surface area contributed by atoms with Crippen molar-refractivity contribution in [2.75, 3.05) is 13.6 Å². The molecule has 5 heteroatoms. The van der Waals surface area contributed by atoms with Gasteiger partial charge < -0.3 is 0 Å². The Bertz CT molecular complexity index is 1330. The number of halogens is 1. The van der Waals surface area contributed by atoms with Crippen LogP contribution in [-0.4, -0.2) is 35.1 Å². The van der Waals surface area contributed by atoms with Crippen LogP contribution in [0.4, 0.5) is 0 Å². The predicted octanol–water partition coefficient (Wildman–Crippen LogP) is 6.30. The number of hydrazone groups is 1. The van der Waals surface area contributed by atoms with Crippen molar-refractivity contribution in [2.24, 2.45) is 5.10 Å². The molecule has 0 saturated heterocycles. The Labute approximate surface area is 205 Å². The van der Waals surface area contributed by atoms with E-state index in [0.717, 1.165) is 22.4 Å². The smallest absolute Gasteiger partial charge is 0.257 e. The van der Waals surface area contributed by atoms with Gasteiger partial charge in [0.2, 0.25) is 0 Å². The average molecular weight is 468 g/mol. The average Bonchev–Trinajstić information content (AvgIpc) is 3.31. The van der Waals surface area contributed by atoms with Crippen molar-refractivity contribution in [3.8, 4) is 0 Å². The lowest BCUT2D eigenvalue weighted by molar-refractivity contribution is -0.134. The van der Waals surface area contributed by atoms with E-state index < -0.39 is 0 Å². The highest BCUT2D eigenvalue weighted by molar-refractivity contribution is 6.30. The van der Waals surface area contributed by atoms with E-state index in [1.54, 1.807) is 5.01 Å². The molecular formula is C29H26ClN3O. The van der Waals surface area contributed by atoms with Gasteiger partial charge >= 0.3 is 0 Å². The molecule has 4 nitrogen and oxygen atoms in total. The zero-order valence-corrected chi connectivity index (χ0v) is 19.8. The van der Waals surface area contributed by atoms with Crippen LogP contribution in [0.15, 0.2) is 102 Å². The van der Waals surface area contributed by atoms with Gasteiger partial charge in [-0.3, -0.25) is 9.69 Å². The number of fused-ring (bicyclic) bond motifs is 1. The van der Waals surface area contributed by atoms with Crippen LogP contribution in [0.3, 0.4) is 0 Å². The van der Waals surface area contributed by atoms with Crippen molar-refractivity contribution in [2.45, 2.75) is 19.0 Å². The highest BCUT2D eigenvalue weighted by Gasteiger charge is 2.33. The van der Waals surface area contributed by atoms with Gasteiger partial charge in [0.1, 0.15) is 0 Å². The Morgan fingerprint density at radius 3 is 2.41 bits per heavy atom. The van der Waals surface area contributed by atoms with Gasteiger partial charge in [-0.2, -0.15) is 5.10 Å². The van der Waals surface area contributed by atoms with Crippen LogP contribution in [0.1, 0.15) is 29.2 Å². The zero-order chi connectivity index (χ0) is 23.5. The van der Waals surface area contributed by atoms with Gasteiger partial charge in [0.15, 0.2) is 0 Å². The lowest BCUT2D eigenvalue weighted by Gasteiger charge is -2.25. The first-order valence-electron chi connectivity index (χ1n) is 11.4. The molecule has 1 heterocycles. The number of amides is 1. The molecule has 1 unspecified atom stereocenters. The summed E-state index contributed by atoms with van der Waals surface area (Å²) < 4.78 is 0. The standard InChI is InChI=1S/C29H26ClN3O/c1-32(19-21-11-15-26(30)16-12-21)20-29(34)33-28(23-8-3-2-4-9-23)18-27(31-33)25-14-13-22-7-5-6-10-24(22)17-25/h2-17,28H,18-20H2,1H3. The summed E-state index contributed by atoms with van der Waals surface area (Å²) in [4.78, 5) is 15.4. The molecule has 4 aromatic carbocycles. The SMILES string of the molecule is CN(CC(=O)N1N=C(c2ccc3ccccc3c2)CC1c1ccccc1)Cc1ccc(Cl)cc1. The maximum atomic E-state index is 13.4. The Hall–Kier alpha value is -3.47. The number of hydrogen-bond donors (Lipinski definition) is 0. The van der Waals surface area contributed by atoms with Crippen LogP contribution in [0.5, 0.6) is 0 Å². The minimum atomic E-state index is -0.112. The Balaban J connectivity index is 1.39. The van der Waals surface area contributed by atoms with E-state index >= 15 is 0 Å². The fraction of sp³-hybridized carbons (Fsp3) is 0.172.